The highest BCUT2D eigenvalue weighted by Crippen LogP contribution is 2.25. The second-order valence-electron chi connectivity index (χ2n) is 6.91. The molecule has 29 heavy (non-hydrogen) atoms. The van der Waals surface area contributed by atoms with Crippen molar-refractivity contribution in [2.24, 2.45) is 5.92 Å². The first-order valence-electron chi connectivity index (χ1n) is 9.39. The zero-order valence-corrected chi connectivity index (χ0v) is 16.3. The number of carbonyl (C=O) groups excluding carboxylic acids is 1. The maximum atomic E-state index is 12.9. The first kappa shape index (κ1) is 17.7. The van der Waals surface area contributed by atoms with Crippen LogP contribution in [0.1, 0.15) is 12.8 Å². The van der Waals surface area contributed by atoms with Crippen molar-refractivity contribution < 1.29 is 4.79 Å². The number of anilines is 2. The summed E-state index contributed by atoms with van der Waals surface area (Å²) in [7, 11) is 0. The van der Waals surface area contributed by atoms with Crippen LogP contribution in [0.5, 0.6) is 0 Å². The number of hydrogen-bond acceptors (Lipinski definition) is 8. The molecule has 1 aromatic carbocycles. The van der Waals surface area contributed by atoms with Crippen molar-refractivity contribution in [1.82, 2.24) is 28.7 Å². The molecule has 0 spiro atoms. The van der Waals surface area contributed by atoms with Gasteiger partial charge in [-0.15, -0.1) is 10.2 Å². The van der Waals surface area contributed by atoms with Crippen LogP contribution in [0.4, 0.5) is 11.5 Å². The van der Waals surface area contributed by atoms with Gasteiger partial charge in [-0.1, -0.05) is 6.07 Å². The number of rotatable bonds is 4. The van der Waals surface area contributed by atoms with Gasteiger partial charge in [-0.2, -0.15) is 13.8 Å². The average molecular weight is 406 g/mol. The Kier molecular flexibility index (Phi) is 4.60. The smallest absolute Gasteiger partial charge is 0.229 e. The van der Waals surface area contributed by atoms with Crippen LogP contribution in [0.15, 0.2) is 48.8 Å². The van der Waals surface area contributed by atoms with Gasteiger partial charge in [0.2, 0.25) is 5.91 Å². The van der Waals surface area contributed by atoms with Crippen LogP contribution in [-0.4, -0.2) is 47.7 Å². The van der Waals surface area contributed by atoms with Crippen LogP contribution in [0, 0.1) is 5.92 Å². The molecule has 9 nitrogen and oxygen atoms in total. The van der Waals surface area contributed by atoms with E-state index in [0.29, 0.717) is 18.1 Å². The highest BCUT2D eigenvalue weighted by atomic mass is 32.1. The minimum atomic E-state index is -0.127. The first-order chi connectivity index (χ1) is 14.3. The van der Waals surface area contributed by atoms with Gasteiger partial charge in [0, 0.05) is 25.5 Å². The lowest BCUT2D eigenvalue weighted by Gasteiger charge is -2.32. The molecule has 4 heterocycles. The fourth-order valence-corrected chi connectivity index (χ4v) is 4.10. The van der Waals surface area contributed by atoms with E-state index in [1.54, 1.807) is 10.9 Å². The predicted molar refractivity (Wildman–Crippen MR) is 110 cm³/mol. The Hall–Kier alpha value is -3.40. The first-order valence-corrected chi connectivity index (χ1v) is 10.1. The van der Waals surface area contributed by atoms with Crippen LogP contribution in [0.2, 0.25) is 0 Å². The van der Waals surface area contributed by atoms with E-state index in [-0.39, 0.29) is 11.8 Å². The Morgan fingerprint density at radius 3 is 2.83 bits per heavy atom. The van der Waals surface area contributed by atoms with Gasteiger partial charge in [0.15, 0.2) is 11.6 Å². The Morgan fingerprint density at radius 1 is 1.10 bits per heavy atom. The number of carbonyl (C=O) groups is 1. The summed E-state index contributed by atoms with van der Waals surface area (Å²) >= 11 is 1.15. The van der Waals surface area contributed by atoms with Gasteiger partial charge in [0.1, 0.15) is 11.0 Å². The third-order valence-corrected chi connectivity index (χ3v) is 5.58. The molecule has 5 rings (SSSR count). The highest BCUT2D eigenvalue weighted by molar-refractivity contribution is 7.00. The summed E-state index contributed by atoms with van der Waals surface area (Å²) in [5.74, 6) is 1.30. The minimum Gasteiger partial charge on any atom is -0.354 e. The van der Waals surface area contributed by atoms with Crippen molar-refractivity contribution in [2.45, 2.75) is 12.8 Å². The summed E-state index contributed by atoms with van der Waals surface area (Å²) < 4.78 is 10.2. The maximum absolute atomic E-state index is 12.9. The highest BCUT2D eigenvalue weighted by Gasteiger charge is 2.27. The van der Waals surface area contributed by atoms with Crippen molar-refractivity contribution in [3.63, 3.8) is 0 Å². The molecule has 1 saturated heterocycles. The normalized spacial score (nSPS) is 16.8. The lowest BCUT2D eigenvalue weighted by Crippen LogP contribution is -2.41. The Morgan fingerprint density at radius 2 is 2.00 bits per heavy atom. The molecular formula is C19H18N8OS. The fraction of sp³-hybridized carbons (Fsp3) is 0.263. The molecule has 1 atom stereocenters. The van der Waals surface area contributed by atoms with E-state index in [2.05, 4.69) is 34.3 Å². The van der Waals surface area contributed by atoms with Gasteiger partial charge >= 0.3 is 0 Å². The minimum absolute atomic E-state index is 0.00341. The van der Waals surface area contributed by atoms with E-state index in [9.17, 15) is 4.79 Å². The molecule has 146 valence electrons. The van der Waals surface area contributed by atoms with Gasteiger partial charge in [-0.25, -0.2) is 4.68 Å². The quantitative estimate of drug-likeness (QED) is 0.556. The van der Waals surface area contributed by atoms with Gasteiger partial charge in [-0.05, 0) is 43.2 Å². The van der Waals surface area contributed by atoms with Crippen molar-refractivity contribution in [3.05, 3.63) is 48.8 Å². The fourth-order valence-electron chi connectivity index (χ4n) is 3.55. The summed E-state index contributed by atoms with van der Waals surface area (Å²) in [6.45, 7) is 1.46. The third-order valence-electron chi connectivity index (χ3n) is 5.04. The van der Waals surface area contributed by atoms with E-state index in [0.717, 1.165) is 48.0 Å². The van der Waals surface area contributed by atoms with Gasteiger partial charge in [0.25, 0.3) is 0 Å². The molecule has 0 radical (unpaired) electrons. The second-order valence-corrected chi connectivity index (χ2v) is 7.44. The summed E-state index contributed by atoms with van der Waals surface area (Å²) in [6, 6.07) is 11.3. The number of piperidine rings is 1. The monoisotopic (exact) mass is 406 g/mol. The van der Waals surface area contributed by atoms with E-state index in [4.69, 9.17) is 0 Å². The third kappa shape index (κ3) is 3.54. The lowest BCUT2D eigenvalue weighted by atomic mass is 9.97. The molecule has 0 aliphatic carbocycles. The molecule has 1 aliphatic rings. The van der Waals surface area contributed by atoms with E-state index < -0.39 is 0 Å². The van der Waals surface area contributed by atoms with Crippen molar-refractivity contribution in [2.75, 3.05) is 23.3 Å². The zero-order valence-electron chi connectivity index (χ0n) is 15.5. The molecule has 0 saturated carbocycles. The molecule has 1 amide bonds. The molecule has 0 bridgehead atoms. The number of nitrogens with zero attached hydrogens (tertiary/aromatic N) is 7. The molecule has 10 heteroatoms. The van der Waals surface area contributed by atoms with Crippen molar-refractivity contribution >= 4 is 40.2 Å². The van der Waals surface area contributed by atoms with Crippen LogP contribution < -0.4 is 10.2 Å². The zero-order chi connectivity index (χ0) is 19.6. The van der Waals surface area contributed by atoms with E-state index in [1.807, 2.05) is 42.6 Å². The average Bonchev–Trinajstić information content (AvgIpc) is 3.47. The topological polar surface area (TPSA) is 102 Å². The standard InChI is InChI=1S/C19H18N8OS/c28-19(21-14-5-1-6-15-18(14)25-29-24-15)13-4-2-10-26(12-13)16-7-8-17(23-22-16)27-11-3-9-20-27/h1,3,5-9,11,13H,2,4,10,12H2,(H,21,28). The number of hydrogen-bond donors (Lipinski definition) is 1. The van der Waals surface area contributed by atoms with Crippen LogP contribution in [0.3, 0.4) is 0 Å². The van der Waals surface area contributed by atoms with Crippen molar-refractivity contribution in [3.8, 4) is 5.82 Å². The van der Waals surface area contributed by atoms with E-state index >= 15 is 0 Å². The molecule has 1 N–H and O–H groups in total. The summed E-state index contributed by atoms with van der Waals surface area (Å²) in [4.78, 5) is 15.0. The number of amides is 1. The molecule has 1 unspecified atom stereocenters. The molecule has 1 fully saturated rings. The maximum Gasteiger partial charge on any atom is 0.229 e. The molecule has 1 aliphatic heterocycles. The molecule has 3 aromatic heterocycles. The van der Waals surface area contributed by atoms with Crippen molar-refractivity contribution in [1.29, 1.82) is 0 Å². The Balaban J connectivity index is 1.29. The number of aromatic nitrogens is 6. The summed E-state index contributed by atoms with van der Waals surface area (Å²) in [5.41, 5.74) is 2.24. The molecule has 4 aromatic rings. The Bertz CT molecular complexity index is 1120. The summed E-state index contributed by atoms with van der Waals surface area (Å²) in [5, 5.41) is 15.8. The van der Waals surface area contributed by atoms with Gasteiger partial charge in [0.05, 0.1) is 23.3 Å². The predicted octanol–water partition coefficient (Wildman–Crippen LogP) is 2.52. The lowest BCUT2D eigenvalue weighted by molar-refractivity contribution is -0.120. The summed E-state index contributed by atoms with van der Waals surface area (Å²) in [6.07, 6.45) is 5.28. The number of fused-ring (bicyclic) bond motifs is 1. The second kappa shape index (κ2) is 7.55. The van der Waals surface area contributed by atoms with E-state index in [1.165, 1.54) is 0 Å². The van der Waals surface area contributed by atoms with Crippen LogP contribution >= 0.6 is 11.7 Å². The number of benzene rings is 1. The largest absolute Gasteiger partial charge is 0.354 e. The van der Waals surface area contributed by atoms with Gasteiger partial charge < -0.3 is 10.2 Å². The number of nitrogens with one attached hydrogen (secondary N) is 1. The van der Waals surface area contributed by atoms with Crippen LogP contribution in [0.25, 0.3) is 16.9 Å². The SMILES string of the molecule is O=C(Nc1cccc2nsnc12)C1CCCN(c2ccc(-n3cccn3)nn2)C1. The van der Waals surface area contributed by atoms with Gasteiger partial charge in [-0.3, -0.25) is 4.79 Å². The Labute approximate surface area is 170 Å². The molecular weight excluding hydrogens is 388 g/mol. The van der Waals surface area contributed by atoms with Crippen LogP contribution in [-0.2, 0) is 4.79 Å².